The summed E-state index contributed by atoms with van der Waals surface area (Å²) in [5, 5.41) is 13.1. The van der Waals surface area contributed by atoms with Crippen molar-refractivity contribution in [2.45, 2.75) is 25.6 Å². The van der Waals surface area contributed by atoms with Crippen LogP contribution in [0, 0.1) is 0 Å². The highest BCUT2D eigenvalue weighted by molar-refractivity contribution is 6.30. The van der Waals surface area contributed by atoms with E-state index in [-0.39, 0.29) is 19.6 Å². The van der Waals surface area contributed by atoms with Gasteiger partial charge >= 0.3 is 11.7 Å². The van der Waals surface area contributed by atoms with Gasteiger partial charge in [-0.3, -0.25) is 14.2 Å². The number of benzene rings is 2. The van der Waals surface area contributed by atoms with E-state index in [0.717, 1.165) is 15.7 Å². The molecule has 0 aliphatic carbocycles. The zero-order valence-electron chi connectivity index (χ0n) is 18.9. The van der Waals surface area contributed by atoms with Gasteiger partial charge in [0.05, 0.1) is 20.1 Å². The third kappa shape index (κ3) is 6.49. The summed E-state index contributed by atoms with van der Waals surface area (Å²) in [5.74, 6) is 0.0295. The SMILES string of the molecule is COc1cc(CNC(CC(=O)O)c2ccc(Cl)cc2)ccc1OCCn1c(=O)ccn(C)c1=O. The lowest BCUT2D eigenvalue weighted by atomic mass is 10.0. The molecule has 0 amide bonds. The maximum absolute atomic E-state index is 12.1. The summed E-state index contributed by atoms with van der Waals surface area (Å²) in [6, 6.07) is 13.3. The molecule has 1 unspecified atom stereocenters. The van der Waals surface area contributed by atoms with Crippen LogP contribution in [0.3, 0.4) is 0 Å². The van der Waals surface area contributed by atoms with Gasteiger partial charge < -0.3 is 24.5 Å². The number of methoxy groups -OCH3 is 1. The average Bonchev–Trinajstić information content (AvgIpc) is 2.82. The topological polar surface area (TPSA) is 112 Å². The number of hydrogen-bond donors (Lipinski definition) is 2. The van der Waals surface area contributed by atoms with Crippen molar-refractivity contribution in [2.75, 3.05) is 13.7 Å². The highest BCUT2D eigenvalue weighted by Crippen LogP contribution is 2.28. The minimum Gasteiger partial charge on any atom is -0.493 e. The third-order valence-corrected chi connectivity index (χ3v) is 5.50. The molecule has 2 aromatic carbocycles. The second-order valence-corrected chi connectivity index (χ2v) is 8.05. The number of rotatable bonds is 11. The first-order valence-corrected chi connectivity index (χ1v) is 10.9. The van der Waals surface area contributed by atoms with Crippen molar-refractivity contribution in [3.8, 4) is 11.5 Å². The van der Waals surface area contributed by atoms with Crippen LogP contribution in [0.4, 0.5) is 0 Å². The summed E-state index contributed by atoms with van der Waals surface area (Å²) in [6.45, 7) is 0.591. The largest absolute Gasteiger partial charge is 0.493 e. The van der Waals surface area contributed by atoms with Crippen LogP contribution < -0.4 is 26.0 Å². The fourth-order valence-corrected chi connectivity index (χ4v) is 3.55. The average molecular weight is 488 g/mol. The molecule has 1 aromatic heterocycles. The molecule has 10 heteroatoms. The number of aryl methyl sites for hydroxylation is 1. The number of carboxylic acid groups (broad SMARTS) is 1. The number of carbonyl (C=O) groups is 1. The van der Waals surface area contributed by atoms with Crippen molar-refractivity contribution >= 4 is 17.6 Å². The molecule has 180 valence electrons. The van der Waals surface area contributed by atoms with Crippen molar-refractivity contribution in [2.24, 2.45) is 7.05 Å². The molecule has 0 aliphatic heterocycles. The zero-order chi connectivity index (χ0) is 24.7. The Balaban J connectivity index is 1.66. The van der Waals surface area contributed by atoms with Gasteiger partial charge in [0.25, 0.3) is 5.56 Å². The van der Waals surface area contributed by atoms with Crippen LogP contribution in [0.15, 0.2) is 64.3 Å². The number of aromatic nitrogens is 2. The van der Waals surface area contributed by atoms with E-state index in [1.807, 2.05) is 6.07 Å². The van der Waals surface area contributed by atoms with Crippen LogP contribution >= 0.6 is 11.6 Å². The van der Waals surface area contributed by atoms with Crippen LogP contribution in [0.25, 0.3) is 0 Å². The van der Waals surface area contributed by atoms with Crippen LogP contribution in [0.1, 0.15) is 23.6 Å². The number of nitrogens with zero attached hydrogens (tertiary/aromatic N) is 2. The Morgan fingerprint density at radius 2 is 1.85 bits per heavy atom. The van der Waals surface area contributed by atoms with Crippen molar-refractivity contribution in [3.05, 3.63) is 91.7 Å². The first kappa shape index (κ1) is 25.1. The molecule has 0 radical (unpaired) electrons. The standard InChI is InChI=1S/C24H26ClN3O6/c1-27-10-9-22(29)28(24(27)32)11-12-34-20-8-3-16(13-21(20)33-2)15-26-19(14-23(30)31)17-4-6-18(25)7-5-17/h3-10,13,19,26H,11-12,14-15H2,1-2H3,(H,30,31). The van der Waals surface area contributed by atoms with Gasteiger partial charge in [0, 0.05) is 36.9 Å². The molecule has 3 rings (SSSR count). The van der Waals surface area contributed by atoms with E-state index in [9.17, 15) is 19.5 Å². The van der Waals surface area contributed by atoms with E-state index in [0.29, 0.717) is 23.1 Å². The molecule has 1 heterocycles. The van der Waals surface area contributed by atoms with Crippen molar-refractivity contribution in [3.63, 3.8) is 0 Å². The molecule has 0 fully saturated rings. The highest BCUT2D eigenvalue weighted by atomic mass is 35.5. The van der Waals surface area contributed by atoms with Gasteiger partial charge in [-0.15, -0.1) is 0 Å². The van der Waals surface area contributed by atoms with Crippen LogP contribution in [-0.4, -0.2) is 33.9 Å². The number of ether oxygens (including phenoxy) is 2. The Labute approximate surface area is 201 Å². The van der Waals surface area contributed by atoms with Crippen LogP contribution in [-0.2, 0) is 24.9 Å². The first-order chi connectivity index (χ1) is 16.3. The second kappa shape index (κ2) is 11.5. The summed E-state index contributed by atoms with van der Waals surface area (Å²) in [5.41, 5.74) is 0.875. The van der Waals surface area contributed by atoms with Gasteiger partial charge in [0.2, 0.25) is 0 Å². The van der Waals surface area contributed by atoms with Crippen LogP contribution in [0.2, 0.25) is 5.02 Å². The summed E-state index contributed by atoms with van der Waals surface area (Å²) < 4.78 is 13.6. The van der Waals surface area contributed by atoms with Gasteiger partial charge in [-0.2, -0.15) is 0 Å². The lowest BCUT2D eigenvalue weighted by Crippen LogP contribution is -2.39. The molecule has 3 aromatic rings. The first-order valence-electron chi connectivity index (χ1n) is 10.6. The zero-order valence-corrected chi connectivity index (χ0v) is 19.6. The molecule has 2 N–H and O–H groups in total. The quantitative estimate of drug-likeness (QED) is 0.427. The normalized spacial score (nSPS) is 11.7. The maximum Gasteiger partial charge on any atom is 0.330 e. The smallest absolute Gasteiger partial charge is 0.330 e. The van der Waals surface area contributed by atoms with E-state index in [1.54, 1.807) is 43.4 Å². The monoisotopic (exact) mass is 487 g/mol. The number of nitrogens with one attached hydrogen (secondary N) is 1. The molecule has 0 aliphatic rings. The molecule has 34 heavy (non-hydrogen) atoms. The lowest BCUT2D eigenvalue weighted by molar-refractivity contribution is -0.137. The van der Waals surface area contributed by atoms with Crippen molar-refractivity contribution in [1.29, 1.82) is 0 Å². The minimum absolute atomic E-state index is 0.0850. The van der Waals surface area contributed by atoms with E-state index >= 15 is 0 Å². The summed E-state index contributed by atoms with van der Waals surface area (Å²) in [7, 11) is 3.08. The number of carboxylic acids is 1. The predicted molar refractivity (Wildman–Crippen MR) is 128 cm³/mol. The third-order valence-electron chi connectivity index (χ3n) is 5.24. The summed E-state index contributed by atoms with van der Waals surface area (Å²) in [6.07, 6.45) is 1.34. The van der Waals surface area contributed by atoms with Gasteiger partial charge in [-0.25, -0.2) is 4.79 Å². The minimum atomic E-state index is -0.916. The van der Waals surface area contributed by atoms with Crippen molar-refractivity contribution < 1.29 is 19.4 Å². The van der Waals surface area contributed by atoms with Gasteiger partial charge in [0.15, 0.2) is 11.5 Å². The van der Waals surface area contributed by atoms with Crippen LogP contribution in [0.5, 0.6) is 11.5 Å². The van der Waals surface area contributed by atoms with Crippen molar-refractivity contribution in [1.82, 2.24) is 14.5 Å². The molecule has 1 atom stereocenters. The molecule has 9 nitrogen and oxygen atoms in total. The Morgan fingerprint density at radius 1 is 1.12 bits per heavy atom. The highest BCUT2D eigenvalue weighted by Gasteiger charge is 2.16. The molecule has 0 saturated carbocycles. The van der Waals surface area contributed by atoms with E-state index in [1.165, 1.54) is 23.9 Å². The molecular weight excluding hydrogens is 462 g/mol. The van der Waals surface area contributed by atoms with Gasteiger partial charge in [0.1, 0.15) is 6.61 Å². The molecule has 0 bridgehead atoms. The summed E-state index contributed by atoms with van der Waals surface area (Å²) >= 11 is 5.94. The molecule has 0 spiro atoms. The number of aliphatic carboxylic acids is 1. The summed E-state index contributed by atoms with van der Waals surface area (Å²) in [4.78, 5) is 35.4. The van der Waals surface area contributed by atoms with E-state index < -0.39 is 23.3 Å². The Bertz CT molecular complexity index is 1250. The lowest BCUT2D eigenvalue weighted by Gasteiger charge is -2.18. The molecular formula is C24H26ClN3O6. The molecule has 0 saturated heterocycles. The van der Waals surface area contributed by atoms with E-state index in [4.69, 9.17) is 21.1 Å². The Morgan fingerprint density at radius 3 is 2.53 bits per heavy atom. The van der Waals surface area contributed by atoms with Gasteiger partial charge in [-0.05, 0) is 35.4 Å². The number of halogens is 1. The second-order valence-electron chi connectivity index (χ2n) is 7.62. The Hall–Kier alpha value is -3.56. The maximum atomic E-state index is 12.1. The number of hydrogen-bond acceptors (Lipinski definition) is 6. The fourth-order valence-electron chi connectivity index (χ4n) is 3.43. The van der Waals surface area contributed by atoms with E-state index in [2.05, 4.69) is 5.32 Å². The Kier molecular flexibility index (Phi) is 8.50. The predicted octanol–water partition coefficient (Wildman–Crippen LogP) is 2.59. The van der Waals surface area contributed by atoms with Gasteiger partial charge in [-0.1, -0.05) is 29.8 Å². The fraction of sp³-hybridized carbons (Fsp3) is 0.292.